The number of aliphatic imine (C=N–C) groups is 1. The highest BCUT2D eigenvalue weighted by Gasteiger charge is 2.38. The second-order valence-corrected chi connectivity index (χ2v) is 10.5. The number of carbonyl (C=O) groups is 3. The molecule has 2 atom stereocenters. The molecule has 9 heteroatoms. The van der Waals surface area contributed by atoms with Gasteiger partial charge >= 0.3 is 5.97 Å². The van der Waals surface area contributed by atoms with Gasteiger partial charge in [-0.15, -0.1) is 0 Å². The van der Waals surface area contributed by atoms with Crippen LogP contribution in [0.3, 0.4) is 0 Å². The highest BCUT2D eigenvalue weighted by molar-refractivity contribution is 6.38. The number of rotatable bonds is 3. The Morgan fingerprint density at radius 3 is 2.78 bits per heavy atom. The first kappa shape index (κ1) is 23.1. The van der Waals surface area contributed by atoms with E-state index < -0.39 is 35.2 Å². The fourth-order valence-corrected chi connectivity index (χ4v) is 5.39. The van der Waals surface area contributed by atoms with Crippen LogP contribution >= 0.6 is 0 Å². The summed E-state index contributed by atoms with van der Waals surface area (Å²) in [5.41, 5.74) is 1.93. The Kier molecular flexibility index (Phi) is 5.08. The zero-order valence-corrected chi connectivity index (χ0v) is 20.6. The zero-order chi connectivity index (χ0) is 26.1. The number of ether oxygens (including phenoxy) is 1. The molecule has 0 saturated carbocycles. The van der Waals surface area contributed by atoms with Crippen molar-refractivity contribution in [2.24, 2.45) is 10.9 Å². The van der Waals surface area contributed by atoms with Gasteiger partial charge in [-0.2, -0.15) is 0 Å². The van der Waals surface area contributed by atoms with Gasteiger partial charge in [0.25, 0.3) is 11.8 Å². The summed E-state index contributed by atoms with van der Waals surface area (Å²) in [6.45, 7) is 5.89. The number of aromatic amines is 1. The molecule has 0 saturated heterocycles. The SMILES string of the molecule is CC(C)(C)OC(=O)C1C=c2ccn3c2=C(CN=CC3C2=C(c3c[nH]c4cc(F)ccc34)C(=O)NC2=O)C1. The first-order chi connectivity index (χ1) is 17.6. The maximum atomic E-state index is 13.8. The Labute approximate surface area is 211 Å². The number of halogens is 1. The molecule has 2 unspecified atom stereocenters. The summed E-state index contributed by atoms with van der Waals surface area (Å²) in [5, 5.41) is 4.82. The van der Waals surface area contributed by atoms with Crippen LogP contribution in [0.4, 0.5) is 4.39 Å². The minimum atomic E-state index is -0.639. The number of benzene rings is 1. The van der Waals surface area contributed by atoms with Gasteiger partial charge in [-0.25, -0.2) is 4.39 Å². The van der Waals surface area contributed by atoms with Crippen molar-refractivity contribution in [1.82, 2.24) is 14.9 Å². The molecule has 0 spiro atoms. The van der Waals surface area contributed by atoms with Crippen molar-refractivity contribution in [3.63, 3.8) is 0 Å². The Morgan fingerprint density at radius 2 is 2.00 bits per heavy atom. The van der Waals surface area contributed by atoms with Crippen LogP contribution in [-0.2, 0) is 19.1 Å². The van der Waals surface area contributed by atoms with E-state index in [9.17, 15) is 18.8 Å². The third-order valence-electron chi connectivity index (χ3n) is 6.84. The van der Waals surface area contributed by atoms with E-state index >= 15 is 0 Å². The first-order valence-electron chi connectivity index (χ1n) is 12.1. The maximum absolute atomic E-state index is 13.8. The quantitative estimate of drug-likeness (QED) is 0.425. The number of fused-ring (bicyclic) bond motifs is 1. The van der Waals surface area contributed by atoms with E-state index in [2.05, 4.69) is 15.3 Å². The van der Waals surface area contributed by atoms with E-state index in [0.29, 0.717) is 29.4 Å². The Morgan fingerprint density at radius 1 is 1.19 bits per heavy atom. The minimum Gasteiger partial charge on any atom is -0.460 e. The number of amides is 2. The molecule has 8 nitrogen and oxygen atoms in total. The number of esters is 1. The molecule has 2 aromatic heterocycles. The van der Waals surface area contributed by atoms with Crippen LogP contribution in [0.25, 0.3) is 28.1 Å². The lowest BCUT2D eigenvalue weighted by Gasteiger charge is -2.24. The minimum absolute atomic E-state index is 0.233. The summed E-state index contributed by atoms with van der Waals surface area (Å²) < 4.78 is 21.3. The Balaban J connectivity index is 1.49. The van der Waals surface area contributed by atoms with Crippen LogP contribution in [0.15, 0.2) is 47.2 Å². The summed E-state index contributed by atoms with van der Waals surface area (Å²) in [5.74, 6) is -2.12. The first-order valence-corrected chi connectivity index (χ1v) is 12.1. The monoisotopic (exact) mass is 500 g/mol. The van der Waals surface area contributed by atoms with Gasteiger partial charge in [0.05, 0.1) is 29.7 Å². The van der Waals surface area contributed by atoms with Crippen LogP contribution in [0.2, 0.25) is 0 Å². The van der Waals surface area contributed by atoms with Gasteiger partial charge in [0, 0.05) is 40.4 Å². The third kappa shape index (κ3) is 3.82. The average Bonchev–Trinajstić information content (AvgIpc) is 3.46. The standard InChI is InChI=1S/C28H25FN4O4/c1-28(2,3)37-27(36)15-8-14-6-7-33-21(13-30-11-16(9-15)24(14)33)23-22(25(34)32-26(23)35)19-12-31-20-10-17(29)4-5-18(19)20/h4-8,10,12-13,15,21,31H,9,11H2,1-3H3,(H,32,34,35). The Hall–Kier alpha value is -4.27. The molecule has 2 amide bonds. The van der Waals surface area contributed by atoms with E-state index in [1.807, 2.05) is 43.7 Å². The lowest BCUT2D eigenvalue weighted by Crippen LogP contribution is -2.40. The lowest BCUT2D eigenvalue weighted by atomic mass is 9.93. The number of aromatic nitrogens is 2. The number of hydrogen-bond acceptors (Lipinski definition) is 5. The van der Waals surface area contributed by atoms with Crippen molar-refractivity contribution >= 4 is 52.1 Å². The van der Waals surface area contributed by atoms with Crippen molar-refractivity contribution in [2.45, 2.75) is 38.8 Å². The molecule has 6 rings (SSSR count). The number of imide groups is 1. The van der Waals surface area contributed by atoms with Crippen molar-refractivity contribution in [3.8, 4) is 0 Å². The van der Waals surface area contributed by atoms with Gasteiger partial charge < -0.3 is 14.3 Å². The molecule has 3 aliphatic rings. The van der Waals surface area contributed by atoms with Crippen LogP contribution in [-0.4, -0.2) is 45.7 Å². The number of nitrogens with one attached hydrogen (secondary N) is 2. The fraction of sp³-hybridized carbons (Fsp3) is 0.286. The van der Waals surface area contributed by atoms with E-state index in [1.165, 1.54) is 12.1 Å². The maximum Gasteiger partial charge on any atom is 0.313 e. The van der Waals surface area contributed by atoms with Gasteiger partial charge in [-0.3, -0.25) is 24.7 Å². The normalized spacial score (nSPS) is 21.1. The van der Waals surface area contributed by atoms with Gasteiger partial charge in [-0.05, 0) is 62.2 Å². The topological polar surface area (TPSA) is 106 Å². The molecule has 2 N–H and O–H groups in total. The van der Waals surface area contributed by atoms with E-state index in [-0.39, 0.29) is 17.1 Å². The predicted molar refractivity (Wildman–Crippen MR) is 136 cm³/mol. The highest BCUT2D eigenvalue weighted by atomic mass is 19.1. The molecule has 3 aromatic rings. The molecule has 4 heterocycles. The summed E-state index contributed by atoms with van der Waals surface area (Å²) in [6, 6.07) is 5.53. The Bertz CT molecular complexity index is 1700. The third-order valence-corrected chi connectivity index (χ3v) is 6.84. The smallest absolute Gasteiger partial charge is 0.313 e. The number of carbonyl (C=O) groups excluding carboxylic acids is 3. The van der Waals surface area contributed by atoms with Gasteiger partial charge in [0.1, 0.15) is 11.4 Å². The van der Waals surface area contributed by atoms with Crippen LogP contribution in [0.1, 0.15) is 38.8 Å². The van der Waals surface area contributed by atoms with Crippen molar-refractivity contribution in [3.05, 3.63) is 64.2 Å². The van der Waals surface area contributed by atoms with Crippen LogP contribution in [0.5, 0.6) is 0 Å². The molecule has 2 aliphatic heterocycles. The molecule has 1 aromatic carbocycles. The highest BCUT2D eigenvalue weighted by Crippen LogP contribution is 2.35. The second-order valence-electron chi connectivity index (χ2n) is 10.5. The van der Waals surface area contributed by atoms with Gasteiger partial charge in [-0.1, -0.05) is 6.08 Å². The van der Waals surface area contributed by atoms with Crippen molar-refractivity contribution in [1.29, 1.82) is 0 Å². The number of hydrogen-bond donors (Lipinski definition) is 2. The largest absolute Gasteiger partial charge is 0.460 e. The summed E-state index contributed by atoms with van der Waals surface area (Å²) in [7, 11) is 0. The molecule has 37 heavy (non-hydrogen) atoms. The molecular formula is C28H25FN4O4. The summed E-state index contributed by atoms with van der Waals surface area (Å²) in [6.07, 6.45) is 7.51. The lowest BCUT2D eigenvalue weighted by molar-refractivity contribution is -0.157. The second kappa shape index (κ2) is 8.12. The molecule has 0 radical (unpaired) electrons. The summed E-state index contributed by atoms with van der Waals surface area (Å²) >= 11 is 0. The molecule has 0 fully saturated rings. The summed E-state index contributed by atoms with van der Waals surface area (Å²) in [4.78, 5) is 46.6. The van der Waals surface area contributed by atoms with E-state index in [1.54, 1.807) is 18.5 Å². The molecule has 188 valence electrons. The number of H-pyrrole nitrogens is 1. The zero-order valence-electron chi connectivity index (χ0n) is 20.6. The predicted octanol–water partition coefficient (Wildman–Crippen LogP) is 2.14. The van der Waals surface area contributed by atoms with Crippen LogP contribution in [0, 0.1) is 11.7 Å². The molecule has 0 bridgehead atoms. The number of nitrogens with zero attached hydrogens (tertiary/aromatic N) is 2. The van der Waals surface area contributed by atoms with Crippen molar-refractivity contribution in [2.75, 3.05) is 6.54 Å². The molecular weight excluding hydrogens is 475 g/mol. The molecule has 1 aliphatic carbocycles. The van der Waals surface area contributed by atoms with Crippen molar-refractivity contribution < 1.29 is 23.5 Å². The fourth-order valence-electron chi connectivity index (χ4n) is 5.39. The van der Waals surface area contributed by atoms with E-state index in [4.69, 9.17) is 4.74 Å². The van der Waals surface area contributed by atoms with Crippen LogP contribution < -0.4 is 15.9 Å². The average molecular weight is 501 g/mol. The van der Waals surface area contributed by atoms with E-state index in [0.717, 1.165) is 16.1 Å². The van der Waals surface area contributed by atoms with Gasteiger partial charge in [0.15, 0.2) is 0 Å². The van der Waals surface area contributed by atoms with Gasteiger partial charge in [0.2, 0.25) is 0 Å².